The van der Waals surface area contributed by atoms with Gasteiger partial charge in [0.25, 0.3) is 0 Å². The molecule has 0 spiro atoms. The fourth-order valence-electron chi connectivity index (χ4n) is 2.02. The number of hydrogen-bond acceptors (Lipinski definition) is 3. The van der Waals surface area contributed by atoms with Crippen LogP contribution in [0.25, 0.3) is 10.9 Å². The summed E-state index contributed by atoms with van der Waals surface area (Å²) in [7, 11) is 0. The lowest BCUT2D eigenvalue weighted by Gasteiger charge is -2.09. The predicted octanol–water partition coefficient (Wildman–Crippen LogP) is 4.20. The van der Waals surface area contributed by atoms with Crippen LogP contribution in [0.1, 0.15) is 10.4 Å². The molecule has 0 atom stereocenters. The van der Waals surface area contributed by atoms with E-state index in [2.05, 4.69) is 40.4 Å². The van der Waals surface area contributed by atoms with Crippen LogP contribution < -0.4 is 5.32 Å². The summed E-state index contributed by atoms with van der Waals surface area (Å²) >= 11 is 7.32. The van der Waals surface area contributed by atoms with Crippen LogP contribution in [0, 0.1) is 6.92 Å². The van der Waals surface area contributed by atoms with Crippen LogP contribution in [-0.2, 0) is 6.54 Å². The van der Waals surface area contributed by atoms with Crippen LogP contribution in [0.15, 0.2) is 30.6 Å². The molecule has 0 radical (unpaired) electrons. The second-order valence-electron chi connectivity index (χ2n) is 4.11. The van der Waals surface area contributed by atoms with E-state index in [1.165, 1.54) is 27.8 Å². The number of halogens is 1. The number of aromatic nitrogens is 2. The molecule has 2 heterocycles. The first-order valence-corrected chi connectivity index (χ1v) is 6.84. The minimum Gasteiger partial charge on any atom is -0.380 e. The van der Waals surface area contributed by atoms with Gasteiger partial charge in [-0.25, -0.2) is 4.98 Å². The fraction of sp³-hybridized carbons (Fsp3) is 0.154. The number of aromatic amines is 1. The average Bonchev–Trinajstić information content (AvgIpc) is 2.97. The molecular weight excluding hydrogens is 266 g/mol. The molecule has 0 aliphatic rings. The Morgan fingerprint density at radius 1 is 1.39 bits per heavy atom. The number of fused-ring (bicyclic) bond motifs is 1. The number of nitrogens with zero attached hydrogens (tertiary/aromatic N) is 1. The van der Waals surface area contributed by atoms with E-state index in [1.54, 1.807) is 0 Å². The van der Waals surface area contributed by atoms with Crippen molar-refractivity contribution in [3.05, 3.63) is 45.5 Å². The van der Waals surface area contributed by atoms with E-state index in [9.17, 15) is 0 Å². The molecule has 1 aromatic carbocycles. The highest BCUT2D eigenvalue weighted by atomic mass is 35.5. The number of nitrogens with one attached hydrogen (secondary N) is 2. The molecule has 0 amide bonds. The number of hydrogen-bond donors (Lipinski definition) is 2. The van der Waals surface area contributed by atoms with Gasteiger partial charge in [-0.2, -0.15) is 0 Å². The third-order valence-electron chi connectivity index (χ3n) is 2.98. The zero-order chi connectivity index (χ0) is 12.5. The molecule has 18 heavy (non-hydrogen) atoms. The largest absolute Gasteiger partial charge is 0.380 e. The molecule has 92 valence electrons. The molecule has 0 fully saturated rings. The average molecular weight is 278 g/mol. The molecule has 2 aromatic heterocycles. The molecule has 0 saturated carbocycles. The molecule has 2 N–H and O–H groups in total. The minimum absolute atomic E-state index is 0.588. The molecule has 0 aliphatic heterocycles. The van der Waals surface area contributed by atoms with Gasteiger partial charge < -0.3 is 10.3 Å². The lowest BCUT2D eigenvalue weighted by atomic mass is 10.1. The molecule has 5 heteroatoms. The van der Waals surface area contributed by atoms with Crippen LogP contribution in [0.5, 0.6) is 0 Å². The zero-order valence-corrected chi connectivity index (χ0v) is 11.4. The first kappa shape index (κ1) is 11.6. The van der Waals surface area contributed by atoms with Gasteiger partial charge >= 0.3 is 0 Å². The molecule has 3 nitrogen and oxygen atoms in total. The summed E-state index contributed by atoms with van der Waals surface area (Å²) in [6.45, 7) is 2.87. The van der Waals surface area contributed by atoms with Crippen LogP contribution in [0.4, 0.5) is 5.69 Å². The summed E-state index contributed by atoms with van der Waals surface area (Å²) < 4.78 is 0.588. The molecule has 0 aliphatic carbocycles. The van der Waals surface area contributed by atoms with Crippen molar-refractivity contribution >= 4 is 39.5 Å². The first-order valence-electron chi connectivity index (χ1n) is 5.65. The van der Waals surface area contributed by atoms with E-state index in [4.69, 9.17) is 11.6 Å². The molecule has 0 bridgehead atoms. The molecule has 0 unspecified atom stereocenters. The molecule has 3 rings (SSSR count). The molecular formula is C13H12ClN3S. The summed E-state index contributed by atoms with van der Waals surface area (Å²) in [6.07, 6.45) is 3.77. The summed E-state index contributed by atoms with van der Waals surface area (Å²) in [6, 6.07) is 6.28. The van der Waals surface area contributed by atoms with Crippen molar-refractivity contribution < 1.29 is 0 Å². The maximum absolute atomic E-state index is 5.81. The summed E-state index contributed by atoms with van der Waals surface area (Å²) in [4.78, 5) is 8.38. The van der Waals surface area contributed by atoms with Gasteiger partial charge in [-0.1, -0.05) is 11.6 Å². The zero-order valence-electron chi connectivity index (χ0n) is 9.83. The number of aryl methyl sites for hydroxylation is 1. The minimum atomic E-state index is 0.588. The number of thiazole rings is 1. The topological polar surface area (TPSA) is 40.7 Å². The number of H-pyrrole nitrogens is 1. The van der Waals surface area contributed by atoms with Crippen molar-refractivity contribution in [1.29, 1.82) is 0 Å². The van der Waals surface area contributed by atoms with Crippen molar-refractivity contribution in [2.24, 2.45) is 0 Å². The molecule has 0 saturated heterocycles. The Kier molecular flexibility index (Phi) is 2.97. The van der Waals surface area contributed by atoms with E-state index in [-0.39, 0.29) is 0 Å². The Morgan fingerprint density at radius 2 is 2.28 bits per heavy atom. The Labute approximate surface area is 114 Å². The van der Waals surface area contributed by atoms with Gasteiger partial charge in [0.2, 0.25) is 0 Å². The summed E-state index contributed by atoms with van der Waals surface area (Å²) in [5, 5.41) is 4.67. The van der Waals surface area contributed by atoms with Gasteiger partial charge in [0.05, 0.1) is 6.54 Å². The predicted molar refractivity (Wildman–Crippen MR) is 77.5 cm³/mol. The second-order valence-corrected chi connectivity index (χ2v) is 5.81. The van der Waals surface area contributed by atoms with Crippen LogP contribution >= 0.6 is 22.9 Å². The number of benzene rings is 1. The third kappa shape index (κ3) is 2.09. The van der Waals surface area contributed by atoms with Crippen molar-refractivity contribution in [1.82, 2.24) is 9.97 Å². The summed E-state index contributed by atoms with van der Waals surface area (Å²) in [5.41, 5.74) is 3.56. The van der Waals surface area contributed by atoms with Gasteiger partial charge in [0.1, 0.15) is 0 Å². The van der Waals surface area contributed by atoms with E-state index in [0.29, 0.717) is 4.47 Å². The Balaban J connectivity index is 1.84. The van der Waals surface area contributed by atoms with Crippen LogP contribution in [0.2, 0.25) is 4.47 Å². The first-order chi connectivity index (χ1) is 8.74. The van der Waals surface area contributed by atoms with Gasteiger partial charge in [-0.15, -0.1) is 11.3 Å². The number of anilines is 1. The maximum atomic E-state index is 5.81. The van der Waals surface area contributed by atoms with Crippen molar-refractivity contribution in [3.63, 3.8) is 0 Å². The lowest BCUT2D eigenvalue weighted by Crippen LogP contribution is -1.99. The SMILES string of the molecule is Cc1c(NCc2cnc(Cl)s2)ccc2[nH]ccc12. The standard InChI is InChI=1S/C13H12ClN3S/c1-8-10-4-5-15-12(10)3-2-11(8)16-6-9-7-17-13(14)18-9/h2-5,7,15-16H,6H2,1H3. The van der Waals surface area contributed by atoms with Crippen molar-refractivity contribution in [2.75, 3.05) is 5.32 Å². The van der Waals surface area contributed by atoms with Gasteiger partial charge in [-0.05, 0) is 30.7 Å². The van der Waals surface area contributed by atoms with Crippen LogP contribution in [-0.4, -0.2) is 9.97 Å². The Bertz CT molecular complexity index is 686. The van der Waals surface area contributed by atoms with E-state index < -0.39 is 0 Å². The molecule has 3 aromatic rings. The maximum Gasteiger partial charge on any atom is 0.183 e. The van der Waals surface area contributed by atoms with Crippen molar-refractivity contribution in [2.45, 2.75) is 13.5 Å². The second kappa shape index (κ2) is 4.63. The highest BCUT2D eigenvalue weighted by Crippen LogP contribution is 2.26. The van der Waals surface area contributed by atoms with Crippen LogP contribution in [0.3, 0.4) is 0 Å². The van der Waals surface area contributed by atoms with Gasteiger partial charge in [-0.3, -0.25) is 0 Å². The quantitative estimate of drug-likeness (QED) is 0.753. The highest BCUT2D eigenvalue weighted by molar-refractivity contribution is 7.15. The summed E-state index contributed by atoms with van der Waals surface area (Å²) in [5.74, 6) is 0. The van der Waals surface area contributed by atoms with Crippen molar-refractivity contribution in [3.8, 4) is 0 Å². The highest BCUT2D eigenvalue weighted by Gasteiger charge is 2.05. The van der Waals surface area contributed by atoms with E-state index >= 15 is 0 Å². The monoisotopic (exact) mass is 277 g/mol. The van der Waals surface area contributed by atoms with Gasteiger partial charge in [0, 0.05) is 33.9 Å². The van der Waals surface area contributed by atoms with E-state index in [0.717, 1.165) is 17.1 Å². The Hall–Kier alpha value is -1.52. The third-order valence-corrected chi connectivity index (χ3v) is 4.10. The number of rotatable bonds is 3. The van der Waals surface area contributed by atoms with E-state index in [1.807, 2.05) is 12.4 Å². The normalized spacial score (nSPS) is 11.0. The fourth-order valence-corrected chi connectivity index (χ4v) is 2.94. The smallest absolute Gasteiger partial charge is 0.183 e. The lowest BCUT2D eigenvalue weighted by molar-refractivity contribution is 1.17. The Morgan fingerprint density at radius 3 is 3.06 bits per heavy atom. The van der Waals surface area contributed by atoms with Gasteiger partial charge in [0.15, 0.2) is 4.47 Å².